The molecular weight excluding hydrogens is 152 g/mol. The van der Waals surface area contributed by atoms with Crippen molar-refractivity contribution in [2.24, 2.45) is 10.7 Å². The second-order valence-electron chi connectivity index (χ2n) is 2.87. The average Bonchev–Trinajstić information content (AvgIpc) is 2.05. The standard InChI is InChI=1S/C9H20N2O/c1-4-6-8(7-12-3)11-9(10)5-2/h8H,4-7H2,1-3H3,(H2,10,11). The van der Waals surface area contributed by atoms with E-state index in [0.29, 0.717) is 6.61 Å². The number of hydrogen-bond donors (Lipinski definition) is 1. The van der Waals surface area contributed by atoms with E-state index in [1.165, 1.54) is 0 Å². The Labute approximate surface area is 75.0 Å². The summed E-state index contributed by atoms with van der Waals surface area (Å²) in [4.78, 5) is 4.34. The van der Waals surface area contributed by atoms with Crippen LogP contribution in [-0.2, 0) is 4.74 Å². The fourth-order valence-electron chi connectivity index (χ4n) is 1.04. The third-order valence-electron chi connectivity index (χ3n) is 1.69. The van der Waals surface area contributed by atoms with E-state index in [0.717, 1.165) is 25.1 Å². The van der Waals surface area contributed by atoms with Gasteiger partial charge >= 0.3 is 0 Å². The minimum atomic E-state index is 0.250. The molecule has 1 atom stereocenters. The molecule has 0 radical (unpaired) electrons. The lowest BCUT2D eigenvalue weighted by molar-refractivity contribution is 0.177. The van der Waals surface area contributed by atoms with E-state index in [1.807, 2.05) is 6.92 Å². The van der Waals surface area contributed by atoms with Gasteiger partial charge in [0.2, 0.25) is 0 Å². The van der Waals surface area contributed by atoms with Crippen molar-refractivity contribution in [2.45, 2.75) is 39.2 Å². The lowest BCUT2D eigenvalue weighted by Gasteiger charge is -2.10. The molecule has 2 N–H and O–H groups in total. The van der Waals surface area contributed by atoms with Gasteiger partial charge in [0.25, 0.3) is 0 Å². The first-order valence-electron chi connectivity index (χ1n) is 4.55. The van der Waals surface area contributed by atoms with Crippen LogP contribution in [0.25, 0.3) is 0 Å². The Balaban J connectivity index is 3.92. The first kappa shape index (κ1) is 11.4. The largest absolute Gasteiger partial charge is 0.387 e. The highest BCUT2D eigenvalue weighted by atomic mass is 16.5. The van der Waals surface area contributed by atoms with E-state index >= 15 is 0 Å². The summed E-state index contributed by atoms with van der Waals surface area (Å²) in [5.74, 6) is 0.727. The van der Waals surface area contributed by atoms with Crippen LogP contribution in [0.4, 0.5) is 0 Å². The van der Waals surface area contributed by atoms with Gasteiger partial charge < -0.3 is 10.5 Å². The number of nitrogens with two attached hydrogens (primary N) is 1. The van der Waals surface area contributed by atoms with Crippen molar-refractivity contribution in [3.05, 3.63) is 0 Å². The van der Waals surface area contributed by atoms with E-state index < -0.39 is 0 Å². The lowest BCUT2D eigenvalue weighted by Crippen LogP contribution is -2.19. The van der Waals surface area contributed by atoms with Crippen molar-refractivity contribution < 1.29 is 4.74 Å². The van der Waals surface area contributed by atoms with Gasteiger partial charge in [-0.25, -0.2) is 0 Å². The molecule has 0 amide bonds. The summed E-state index contributed by atoms with van der Waals surface area (Å²) in [6.07, 6.45) is 2.99. The Bertz CT molecular complexity index is 128. The molecule has 0 aliphatic heterocycles. The van der Waals surface area contributed by atoms with Gasteiger partial charge in [-0.3, -0.25) is 4.99 Å². The summed E-state index contributed by atoms with van der Waals surface area (Å²) < 4.78 is 5.04. The maximum Gasteiger partial charge on any atom is 0.0938 e. The molecule has 0 aliphatic rings. The molecule has 0 fully saturated rings. The summed E-state index contributed by atoms with van der Waals surface area (Å²) in [5.41, 5.74) is 5.63. The van der Waals surface area contributed by atoms with Gasteiger partial charge in [0.15, 0.2) is 0 Å². The number of ether oxygens (including phenoxy) is 1. The number of rotatable bonds is 6. The molecule has 72 valence electrons. The summed E-state index contributed by atoms with van der Waals surface area (Å²) in [5, 5.41) is 0. The Hall–Kier alpha value is -0.570. The summed E-state index contributed by atoms with van der Waals surface area (Å²) in [6, 6.07) is 0.250. The highest BCUT2D eigenvalue weighted by Crippen LogP contribution is 2.02. The van der Waals surface area contributed by atoms with Gasteiger partial charge in [0.1, 0.15) is 0 Å². The van der Waals surface area contributed by atoms with Crippen molar-refractivity contribution in [1.29, 1.82) is 0 Å². The van der Waals surface area contributed by atoms with E-state index in [2.05, 4.69) is 11.9 Å². The molecule has 0 saturated heterocycles. The first-order chi connectivity index (χ1) is 5.74. The summed E-state index contributed by atoms with van der Waals surface area (Å²) in [6.45, 7) is 4.82. The van der Waals surface area contributed by atoms with E-state index in [9.17, 15) is 0 Å². The topological polar surface area (TPSA) is 47.6 Å². The van der Waals surface area contributed by atoms with Gasteiger partial charge in [0.05, 0.1) is 18.5 Å². The number of amidine groups is 1. The third kappa shape index (κ3) is 5.13. The monoisotopic (exact) mass is 172 g/mol. The number of hydrogen-bond acceptors (Lipinski definition) is 2. The van der Waals surface area contributed by atoms with Crippen LogP contribution in [0.1, 0.15) is 33.1 Å². The van der Waals surface area contributed by atoms with Crippen LogP contribution >= 0.6 is 0 Å². The van der Waals surface area contributed by atoms with E-state index in [4.69, 9.17) is 10.5 Å². The van der Waals surface area contributed by atoms with Crippen molar-refractivity contribution in [3.63, 3.8) is 0 Å². The van der Waals surface area contributed by atoms with Gasteiger partial charge in [-0.05, 0) is 6.42 Å². The molecule has 12 heavy (non-hydrogen) atoms. The minimum absolute atomic E-state index is 0.250. The Morgan fingerprint density at radius 1 is 1.50 bits per heavy atom. The second kappa shape index (κ2) is 7.10. The molecule has 0 spiro atoms. The van der Waals surface area contributed by atoms with Gasteiger partial charge in [-0.15, -0.1) is 0 Å². The molecule has 0 bridgehead atoms. The molecule has 1 unspecified atom stereocenters. The van der Waals surface area contributed by atoms with Crippen LogP contribution in [0.5, 0.6) is 0 Å². The second-order valence-corrected chi connectivity index (χ2v) is 2.87. The highest BCUT2D eigenvalue weighted by molar-refractivity contribution is 5.80. The van der Waals surface area contributed by atoms with E-state index in [-0.39, 0.29) is 6.04 Å². The number of aliphatic imine (C=N–C) groups is 1. The molecule has 0 aromatic heterocycles. The zero-order chi connectivity index (χ0) is 9.40. The molecule has 0 heterocycles. The molecule has 0 saturated carbocycles. The summed E-state index contributed by atoms with van der Waals surface area (Å²) >= 11 is 0. The van der Waals surface area contributed by atoms with Gasteiger partial charge in [-0.1, -0.05) is 20.3 Å². The molecule has 0 aliphatic carbocycles. The molecule has 0 rings (SSSR count). The van der Waals surface area contributed by atoms with Gasteiger partial charge in [0, 0.05) is 13.5 Å². The first-order valence-corrected chi connectivity index (χ1v) is 4.55. The van der Waals surface area contributed by atoms with Crippen LogP contribution in [0, 0.1) is 0 Å². The quantitative estimate of drug-likeness (QED) is 0.488. The van der Waals surface area contributed by atoms with Crippen molar-refractivity contribution in [1.82, 2.24) is 0 Å². The van der Waals surface area contributed by atoms with Crippen LogP contribution in [0.2, 0.25) is 0 Å². The molecule has 3 nitrogen and oxygen atoms in total. The minimum Gasteiger partial charge on any atom is -0.387 e. The lowest BCUT2D eigenvalue weighted by atomic mass is 10.2. The van der Waals surface area contributed by atoms with Crippen LogP contribution < -0.4 is 5.73 Å². The zero-order valence-electron chi connectivity index (χ0n) is 8.34. The number of nitrogens with zero attached hydrogens (tertiary/aromatic N) is 1. The predicted molar refractivity (Wildman–Crippen MR) is 52.5 cm³/mol. The van der Waals surface area contributed by atoms with Crippen LogP contribution in [0.3, 0.4) is 0 Å². The predicted octanol–water partition coefficient (Wildman–Crippen LogP) is 1.57. The molecular formula is C9H20N2O. The number of methoxy groups -OCH3 is 1. The van der Waals surface area contributed by atoms with E-state index in [1.54, 1.807) is 7.11 Å². The smallest absolute Gasteiger partial charge is 0.0938 e. The van der Waals surface area contributed by atoms with Crippen LogP contribution in [0.15, 0.2) is 4.99 Å². The average molecular weight is 172 g/mol. The Morgan fingerprint density at radius 2 is 2.17 bits per heavy atom. The molecule has 3 heteroatoms. The van der Waals surface area contributed by atoms with Crippen LogP contribution in [-0.4, -0.2) is 25.6 Å². The summed E-state index contributed by atoms with van der Waals surface area (Å²) in [7, 11) is 1.69. The SMILES string of the molecule is CCCC(COC)N=C(N)CC. The normalized spacial score (nSPS) is 14.8. The van der Waals surface area contributed by atoms with Crippen molar-refractivity contribution in [3.8, 4) is 0 Å². The third-order valence-corrected chi connectivity index (χ3v) is 1.69. The molecule has 0 aromatic carbocycles. The fraction of sp³-hybridized carbons (Fsp3) is 0.889. The van der Waals surface area contributed by atoms with Crippen molar-refractivity contribution in [2.75, 3.05) is 13.7 Å². The highest BCUT2D eigenvalue weighted by Gasteiger charge is 2.04. The van der Waals surface area contributed by atoms with Crippen molar-refractivity contribution >= 4 is 5.84 Å². The molecule has 0 aromatic rings. The maximum absolute atomic E-state index is 5.63. The Morgan fingerprint density at radius 3 is 2.58 bits per heavy atom. The van der Waals surface area contributed by atoms with Gasteiger partial charge in [-0.2, -0.15) is 0 Å². The fourth-order valence-corrected chi connectivity index (χ4v) is 1.04. The Kier molecular flexibility index (Phi) is 6.76. The maximum atomic E-state index is 5.63. The zero-order valence-corrected chi connectivity index (χ0v) is 8.34.